The molecule has 0 saturated carbocycles. The van der Waals surface area contributed by atoms with E-state index in [0.717, 1.165) is 47.6 Å². The van der Waals surface area contributed by atoms with E-state index in [4.69, 9.17) is 21.5 Å². The smallest absolute Gasteiger partial charge is 0.165 e. The number of aromatic nitrogens is 7. The van der Waals surface area contributed by atoms with Crippen molar-refractivity contribution in [1.29, 1.82) is 0 Å². The Kier molecular flexibility index (Phi) is 6.22. The van der Waals surface area contributed by atoms with Crippen LogP contribution in [0.3, 0.4) is 0 Å². The fraction of sp³-hybridized carbons (Fsp3) is 0.321. The second kappa shape index (κ2) is 9.73. The third-order valence-electron chi connectivity index (χ3n) is 7.39. The summed E-state index contributed by atoms with van der Waals surface area (Å²) in [6.45, 7) is 6.13. The Morgan fingerprint density at radius 3 is 2.67 bits per heavy atom. The molecule has 200 valence electrons. The van der Waals surface area contributed by atoms with Crippen LogP contribution in [-0.4, -0.2) is 47.4 Å². The van der Waals surface area contributed by atoms with Crippen molar-refractivity contribution in [2.75, 3.05) is 23.7 Å². The molecule has 1 fully saturated rings. The summed E-state index contributed by atoms with van der Waals surface area (Å²) < 4.78 is 17.5. The zero-order chi connectivity index (χ0) is 27.1. The first-order valence-electron chi connectivity index (χ1n) is 13.1. The van der Waals surface area contributed by atoms with E-state index in [9.17, 15) is 4.39 Å². The van der Waals surface area contributed by atoms with Gasteiger partial charge in [0.2, 0.25) is 0 Å². The van der Waals surface area contributed by atoms with Crippen LogP contribution in [0.2, 0.25) is 0 Å². The van der Waals surface area contributed by atoms with Crippen LogP contribution >= 0.6 is 0 Å². The highest BCUT2D eigenvalue weighted by atomic mass is 19.1. The van der Waals surface area contributed by atoms with Gasteiger partial charge in [-0.2, -0.15) is 5.10 Å². The number of nitrogens with zero attached hydrogens (tertiary/aromatic N) is 8. The van der Waals surface area contributed by atoms with Crippen LogP contribution in [0.4, 0.5) is 15.9 Å². The number of benzene rings is 1. The van der Waals surface area contributed by atoms with Crippen LogP contribution < -0.4 is 16.4 Å². The van der Waals surface area contributed by atoms with Crippen LogP contribution in [-0.2, 0) is 12.1 Å². The highest BCUT2D eigenvalue weighted by Gasteiger charge is 2.36. The van der Waals surface area contributed by atoms with E-state index in [1.54, 1.807) is 18.5 Å². The van der Waals surface area contributed by atoms with Gasteiger partial charge in [-0.15, -0.1) is 0 Å². The molecule has 5 heterocycles. The van der Waals surface area contributed by atoms with E-state index in [2.05, 4.69) is 33.7 Å². The molecule has 1 aromatic carbocycles. The number of pyridine rings is 1. The number of anilines is 2. The fourth-order valence-corrected chi connectivity index (χ4v) is 5.27. The second-order valence-corrected chi connectivity index (χ2v) is 10.5. The summed E-state index contributed by atoms with van der Waals surface area (Å²) in [4.78, 5) is 20.0. The fourth-order valence-electron chi connectivity index (χ4n) is 5.27. The molecule has 11 heteroatoms. The number of imidazole rings is 1. The first-order valence-corrected chi connectivity index (χ1v) is 13.1. The van der Waals surface area contributed by atoms with E-state index >= 15 is 0 Å². The van der Waals surface area contributed by atoms with Gasteiger partial charge in [0.05, 0.1) is 41.7 Å². The molecular formula is C28H31FN10. The predicted molar refractivity (Wildman–Crippen MR) is 148 cm³/mol. The molecule has 1 aliphatic rings. The minimum absolute atomic E-state index is 0.264. The first-order chi connectivity index (χ1) is 18.8. The quantitative estimate of drug-likeness (QED) is 0.341. The van der Waals surface area contributed by atoms with Gasteiger partial charge in [0, 0.05) is 30.9 Å². The highest BCUT2D eigenvalue weighted by molar-refractivity contribution is 5.81. The van der Waals surface area contributed by atoms with Crippen molar-refractivity contribution in [2.24, 2.45) is 5.73 Å². The Morgan fingerprint density at radius 2 is 1.90 bits per heavy atom. The Labute approximate surface area is 225 Å². The Hall–Kier alpha value is -4.38. The van der Waals surface area contributed by atoms with Crippen molar-refractivity contribution in [1.82, 2.24) is 34.3 Å². The van der Waals surface area contributed by atoms with Crippen LogP contribution in [0, 0.1) is 5.82 Å². The average Bonchev–Trinajstić information content (AvgIpc) is 3.59. The largest absolute Gasteiger partial charge is 0.382 e. The first kappa shape index (κ1) is 24.9. The van der Waals surface area contributed by atoms with Crippen LogP contribution in [0.15, 0.2) is 61.4 Å². The SMILES string of the molecule is CC(C)n1ccc([C@@]2(N)CCCN(c3cnc(-c4ccc(F)cc4)cc3Cn3cnc4c(N)ncnc43)C2)n1. The van der Waals surface area contributed by atoms with Crippen LogP contribution in [0.5, 0.6) is 0 Å². The summed E-state index contributed by atoms with van der Waals surface area (Å²) >= 11 is 0. The zero-order valence-electron chi connectivity index (χ0n) is 22.0. The summed E-state index contributed by atoms with van der Waals surface area (Å²) in [7, 11) is 0. The van der Waals surface area contributed by atoms with Crippen LogP contribution in [0.25, 0.3) is 22.4 Å². The van der Waals surface area contributed by atoms with Gasteiger partial charge in [0.15, 0.2) is 11.5 Å². The van der Waals surface area contributed by atoms with E-state index in [-0.39, 0.29) is 11.9 Å². The predicted octanol–water partition coefficient (Wildman–Crippen LogP) is 3.89. The summed E-state index contributed by atoms with van der Waals surface area (Å²) in [6.07, 6.45) is 8.81. The lowest BCUT2D eigenvalue weighted by atomic mass is 9.86. The van der Waals surface area contributed by atoms with Gasteiger partial charge >= 0.3 is 0 Å². The van der Waals surface area contributed by atoms with Crippen molar-refractivity contribution in [2.45, 2.75) is 44.8 Å². The number of rotatable bonds is 6. The molecule has 0 amide bonds. The standard InChI is InChI=1S/C28H31FN10/c1-18(2)39-11-8-24(36-39)28(31)9-3-10-37(15-28)23-13-32-22(19-4-6-21(29)7-5-19)12-20(23)14-38-17-35-25-26(30)33-16-34-27(25)38/h4-8,11-13,16-18H,3,9-10,14-15,31H2,1-2H3,(H2,30,33,34)/t28-/m1/s1. The van der Waals surface area contributed by atoms with Gasteiger partial charge in [-0.05, 0) is 68.7 Å². The number of fused-ring (bicyclic) bond motifs is 1. The second-order valence-electron chi connectivity index (χ2n) is 10.5. The average molecular weight is 527 g/mol. The van der Waals surface area contributed by atoms with Crippen molar-refractivity contribution in [3.8, 4) is 11.3 Å². The Balaban J connectivity index is 1.39. The van der Waals surface area contributed by atoms with E-state index < -0.39 is 5.54 Å². The van der Waals surface area contributed by atoms with Gasteiger partial charge in [0.1, 0.15) is 17.7 Å². The number of hydrogen-bond acceptors (Lipinski definition) is 8. The molecule has 39 heavy (non-hydrogen) atoms. The summed E-state index contributed by atoms with van der Waals surface area (Å²) in [5.74, 6) is 0.0516. The minimum Gasteiger partial charge on any atom is -0.382 e. The maximum absolute atomic E-state index is 13.6. The monoisotopic (exact) mass is 526 g/mol. The summed E-state index contributed by atoms with van der Waals surface area (Å²) in [6, 6.07) is 10.7. The number of nitrogens with two attached hydrogens (primary N) is 2. The van der Waals surface area contributed by atoms with Crippen LogP contribution in [0.1, 0.15) is 44.0 Å². The topological polar surface area (TPSA) is 130 Å². The number of hydrogen-bond donors (Lipinski definition) is 2. The molecule has 1 atom stereocenters. The van der Waals surface area contributed by atoms with Crippen molar-refractivity contribution in [3.05, 3.63) is 78.5 Å². The molecule has 4 N–H and O–H groups in total. The number of piperidine rings is 1. The van der Waals surface area contributed by atoms with Gasteiger partial charge in [-0.1, -0.05) is 0 Å². The lowest BCUT2D eigenvalue weighted by molar-refractivity contribution is 0.339. The number of nitrogen functional groups attached to an aromatic ring is 1. The molecule has 1 aliphatic heterocycles. The van der Waals surface area contributed by atoms with Crippen molar-refractivity contribution >= 4 is 22.7 Å². The number of halogens is 1. The van der Waals surface area contributed by atoms with Gasteiger partial charge in [-0.25, -0.2) is 19.3 Å². The Bertz CT molecular complexity index is 1620. The van der Waals surface area contributed by atoms with E-state index in [1.807, 2.05) is 33.8 Å². The third-order valence-corrected chi connectivity index (χ3v) is 7.39. The van der Waals surface area contributed by atoms with Crippen molar-refractivity contribution in [3.63, 3.8) is 0 Å². The molecule has 4 aromatic heterocycles. The molecule has 0 bridgehead atoms. The zero-order valence-corrected chi connectivity index (χ0v) is 22.0. The summed E-state index contributed by atoms with van der Waals surface area (Å²) in [5, 5.41) is 4.80. The van der Waals surface area contributed by atoms with E-state index in [1.165, 1.54) is 18.5 Å². The maximum atomic E-state index is 13.6. The lowest BCUT2D eigenvalue weighted by Crippen LogP contribution is -2.52. The molecule has 0 unspecified atom stereocenters. The van der Waals surface area contributed by atoms with Gasteiger partial charge < -0.3 is 20.9 Å². The maximum Gasteiger partial charge on any atom is 0.165 e. The lowest BCUT2D eigenvalue weighted by Gasteiger charge is -2.41. The third kappa shape index (κ3) is 4.69. The molecule has 5 aromatic rings. The molecular weight excluding hydrogens is 495 g/mol. The molecule has 0 spiro atoms. The highest BCUT2D eigenvalue weighted by Crippen LogP contribution is 2.34. The molecule has 0 aliphatic carbocycles. The van der Waals surface area contributed by atoms with Gasteiger partial charge in [0.25, 0.3) is 0 Å². The van der Waals surface area contributed by atoms with Gasteiger partial charge in [-0.3, -0.25) is 9.67 Å². The Morgan fingerprint density at radius 1 is 1.08 bits per heavy atom. The van der Waals surface area contributed by atoms with Crippen molar-refractivity contribution < 1.29 is 4.39 Å². The molecule has 6 rings (SSSR count). The normalized spacial score (nSPS) is 17.8. The molecule has 1 saturated heterocycles. The van der Waals surface area contributed by atoms with E-state index in [0.29, 0.717) is 30.1 Å². The molecule has 10 nitrogen and oxygen atoms in total. The molecule has 0 radical (unpaired) electrons. The summed E-state index contributed by atoms with van der Waals surface area (Å²) in [5.41, 5.74) is 18.1. The minimum atomic E-state index is -0.589.